The van der Waals surface area contributed by atoms with E-state index in [0.29, 0.717) is 11.3 Å². The molecule has 5 heteroatoms. The second-order valence-electron chi connectivity index (χ2n) is 6.40. The molecule has 0 saturated carbocycles. The van der Waals surface area contributed by atoms with Gasteiger partial charge in [-0.3, -0.25) is 4.79 Å². The molecule has 1 aliphatic rings. The Bertz CT molecular complexity index is 782. The maximum absolute atomic E-state index is 12.1. The molecule has 0 aliphatic heterocycles. The molecule has 0 atom stereocenters. The molecule has 0 spiro atoms. The zero-order chi connectivity index (χ0) is 17.8. The Kier molecular flexibility index (Phi) is 5.03. The summed E-state index contributed by atoms with van der Waals surface area (Å²) < 4.78 is 5.12. The van der Waals surface area contributed by atoms with E-state index < -0.39 is 5.97 Å². The molecule has 1 amide bonds. The minimum atomic E-state index is -0.465. The molecule has 1 N–H and O–H groups in total. The molecule has 5 nitrogen and oxygen atoms in total. The third-order valence-electron chi connectivity index (χ3n) is 4.34. The fourth-order valence-electron chi connectivity index (χ4n) is 2.95. The van der Waals surface area contributed by atoms with Gasteiger partial charge in [0.1, 0.15) is 0 Å². The molecule has 0 fully saturated rings. The van der Waals surface area contributed by atoms with Gasteiger partial charge in [0.05, 0.1) is 5.56 Å². The fraction of sp³-hybridized carbons (Fsp3) is 0.300. The van der Waals surface area contributed by atoms with Crippen molar-refractivity contribution in [2.75, 3.05) is 30.9 Å². The number of esters is 1. The molecule has 0 radical (unpaired) electrons. The highest BCUT2D eigenvalue weighted by Crippen LogP contribution is 2.23. The van der Waals surface area contributed by atoms with Crippen LogP contribution < -0.4 is 10.2 Å². The Labute approximate surface area is 147 Å². The smallest absolute Gasteiger partial charge is 0.338 e. The van der Waals surface area contributed by atoms with E-state index in [-0.39, 0.29) is 12.5 Å². The highest BCUT2D eigenvalue weighted by Gasteiger charge is 2.15. The second kappa shape index (κ2) is 7.38. The minimum absolute atomic E-state index is 0.300. The summed E-state index contributed by atoms with van der Waals surface area (Å²) in [6.07, 6.45) is 3.20. The maximum atomic E-state index is 12.1. The Hall–Kier alpha value is -2.82. The predicted octanol–water partition coefficient (Wildman–Crippen LogP) is 3.04. The van der Waals surface area contributed by atoms with Gasteiger partial charge in [0, 0.05) is 25.5 Å². The van der Waals surface area contributed by atoms with Crippen molar-refractivity contribution in [1.82, 2.24) is 0 Å². The van der Waals surface area contributed by atoms with Crippen LogP contribution in [0.5, 0.6) is 0 Å². The summed E-state index contributed by atoms with van der Waals surface area (Å²) >= 11 is 0. The normalized spacial score (nSPS) is 12.4. The molecule has 2 aromatic rings. The van der Waals surface area contributed by atoms with Gasteiger partial charge in [0.15, 0.2) is 6.61 Å². The van der Waals surface area contributed by atoms with E-state index in [1.54, 1.807) is 6.07 Å². The number of benzene rings is 2. The third kappa shape index (κ3) is 4.18. The summed E-state index contributed by atoms with van der Waals surface area (Å²) in [6, 6.07) is 13.1. The third-order valence-corrected chi connectivity index (χ3v) is 4.34. The van der Waals surface area contributed by atoms with Crippen LogP contribution >= 0.6 is 0 Å². The van der Waals surface area contributed by atoms with E-state index in [2.05, 4.69) is 5.32 Å². The zero-order valence-electron chi connectivity index (χ0n) is 14.5. The lowest BCUT2D eigenvalue weighted by molar-refractivity contribution is -0.119. The predicted molar refractivity (Wildman–Crippen MR) is 98.1 cm³/mol. The summed E-state index contributed by atoms with van der Waals surface area (Å²) in [6.45, 7) is -0.300. The van der Waals surface area contributed by atoms with Crippen LogP contribution in [0.2, 0.25) is 0 Å². The summed E-state index contributed by atoms with van der Waals surface area (Å²) in [4.78, 5) is 26.0. The van der Waals surface area contributed by atoms with Gasteiger partial charge >= 0.3 is 5.97 Å². The van der Waals surface area contributed by atoms with Crippen molar-refractivity contribution in [3.05, 3.63) is 59.2 Å². The number of amides is 1. The summed E-state index contributed by atoms with van der Waals surface area (Å²) in [5.74, 6) is -0.820. The van der Waals surface area contributed by atoms with Crippen LogP contribution in [0.3, 0.4) is 0 Å². The number of anilines is 2. The van der Waals surface area contributed by atoms with Crippen LogP contribution in [0.4, 0.5) is 11.4 Å². The first-order valence-corrected chi connectivity index (χ1v) is 8.39. The number of carbonyl (C=O) groups is 2. The molecule has 25 heavy (non-hydrogen) atoms. The molecular weight excluding hydrogens is 316 g/mol. The molecule has 3 rings (SSSR count). The van der Waals surface area contributed by atoms with Gasteiger partial charge in [0.25, 0.3) is 5.91 Å². The van der Waals surface area contributed by atoms with Crippen molar-refractivity contribution in [3.8, 4) is 0 Å². The lowest BCUT2D eigenvalue weighted by Crippen LogP contribution is -2.21. The van der Waals surface area contributed by atoms with E-state index in [0.717, 1.165) is 24.9 Å². The Morgan fingerprint density at radius 1 is 1.04 bits per heavy atom. The lowest BCUT2D eigenvalue weighted by atomic mass is 10.1. The van der Waals surface area contributed by atoms with E-state index in [4.69, 9.17) is 4.74 Å². The van der Waals surface area contributed by atoms with Crippen molar-refractivity contribution in [2.45, 2.75) is 19.3 Å². The van der Waals surface area contributed by atoms with E-state index in [1.165, 1.54) is 11.1 Å². The fourth-order valence-corrected chi connectivity index (χ4v) is 2.95. The molecular formula is C20H22N2O3. The Morgan fingerprint density at radius 2 is 1.76 bits per heavy atom. The van der Waals surface area contributed by atoms with Gasteiger partial charge in [-0.15, -0.1) is 0 Å². The first-order valence-electron chi connectivity index (χ1n) is 8.39. The van der Waals surface area contributed by atoms with Crippen LogP contribution in [0.15, 0.2) is 42.5 Å². The molecule has 2 aromatic carbocycles. The minimum Gasteiger partial charge on any atom is -0.452 e. The number of hydrogen-bond donors (Lipinski definition) is 1. The first kappa shape index (κ1) is 17.0. The second-order valence-corrected chi connectivity index (χ2v) is 6.40. The van der Waals surface area contributed by atoms with Crippen molar-refractivity contribution in [1.29, 1.82) is 0 Å². The van der Waals surface area contributed by atoms with E-state index in [1.807, 2.05) is 55.4 Å². The molecule has 0 saturated heterocycles. The Balaban J connectivity index is 1.52. The van der Waals surface area contributed by atoms with Gasteiger partial charge < -0.3 is 15.0 Å². The summed E-state index contributed by atoms with van der Waals surface area (Å²) in [7, 11) is 3.90. The van der Waals surface area contributed by atoms with Crippen molar-refractivity contribution < 1.29 is 14.3 Å². The molecule has 0 aromatic heterocycles. The van der Waals surface area contributed by atoms with E-state index in [9.17, 15) is 9.59 Å². The monoisotopic (exact) mass is 338 g/mol. The van der Waals surface area contributed by atoms with Crippen LogP contribution in [-0.4, -0.2) is 32.6 Å². The van der Waals surface area contributed by atoms with Crippen LogP contribution in [0.1, 0.15) is 27.9 Å². The standard InChI is InChI=1S/C20H22N2O3/c1-22(2)18-10-8-17(9-11-18)21-19(23)13-25-20(24)16-7-6-14-4-3-5-15(14)12-16/h6-12H,3-5,13H2,1-2H3,(H,21,23). The van der Waals surface area contributed by atoms with Crippen LogP contribution in [-0.2, 0) is 22.4 Å². The number of carbonyl (C=O) groups excluding carboxylic acids is 2. The highest BCUT2D eigenvalue weighted by atomic mass is 16.5. The van der Waals surface area contributed by atoms with Crippen LogP contribution in [0, 0.1) is 0 Å². The summed E-state index contributed by atoms with van der Waals surface area (Å²) in [5, 5.41) is 2.72. The lowest BCUT2D eigenvalue weighted by Gasteiger charge is -2.13. The van der Waals surface area contributed by atoms with Gasteiger partial charge in [-0.2, -0.15) is 0 Å². The van der Waals surface area contributed by atoms with Gasteiger partial charge in [-0.05, 0) is 66.8 Å². The number of aryl methyl sites for hydroxylation is 2. The number of nitrogens with zero attached hydrogens (tertiary/aromatic N) is 1. The quantitative estimate of drug-likeness (QED) is 0.852. The van der Waals surface area contributed by atoms with Crippen molar-refractivity contribution in [2.24, 2.45) is 0 Å². The largest absolute Gasteiger partial charge is 0.452 e. The molecule has 0 unspecified atom stereocenters. The number of ether oxygens (including phenoxy) is 1. The van der Waals surface area contributed by atoms with Gasteiger partial charge in [-0.25, -0.2) is 4.79 Å². The van der Waals surface area contributed by atoms with Crippen LogP contribution in [0.25, 0.3) is 0 Å². The SMILES string of the molecule is CN(C)c1ccc(NC(=O)COC(=O)c2ccc3c(c2)CCC3)cc1. The average molecular weight is 338 g/mol. The summed E-state index contributed by atoms with van der Waals surface area (Å²) in [5.41, 5.74) is 4.73. The highest BCUT2D eigenvalue weighted by molar-refractivity contribution is 5.95. The molecule has 0 bridgehead atoms. The maximum Gasteiger partial charge on any atom is 0.338 e. The first-order chi connectivity index (χ1) is 12.0. The zero-order valence-corrected chi connectivity index (χ0v) is 14.5. The average Bonchev–Trinajstić information content (AvgIpc) is 3.07. The molecule has 0 heterocycles. The Morgan fingerprint density at radius 3 is 2.48 bits per heavy atom. The number of hydrogen-bond acceptors (Lipinski definition) is 4. The molecule has 130 valence electrons. The number of nitrogens with one attached hydrogen (secondary N) is 1. The van der Waals surface area contributed by atoms with Crippen molar-refractivity contribution >= 4 is 23.3 Å². The van der Waals surface area contributed by atoms with Gasteiger partial charge in [-0.1, -0.05) is 6.07 Å². The van der Waals surface area contributed by atoms with Crippen molar-refractivity contribution in [3.63, 3.8) is 0 Å². The number of fused-ring (bicyclic) bond motifs is 1. The molecule has 1 aliphatic carbocycles. The van der Waals surface area contributed by atoms with Gasteiger partial charge in [0.2, 0.25) is 0 Å². The van der Waals surface area contributed by atoms with E-state index >= 15 is 0 Å². The number of rotatable bonds is 5. The topological polar surface area (TPSA) is 58.6 Å².